The molecule has 108 valence electrons. The van der Waals surface area contributed by atoms with Crippen LogP contribution in [0.2, 0.25) is 0 Å². The van der Waals surface area contributed by atoms with Crippen molar-refractivity contribution in [3.05, 3.63) is 11.4 Å². The summed E-state index contributed by atoms with van der Waals surface area (Å²) in [6.45, 7) is 13.8. The Bertz CT molecular complexity index is 469. The first-order valence-electron chi connectivity index (χ1n) is 6.67. The van der Waals surface area contributed by atoms with Crippen molar-refractivity contribution in [2.45, 2.75) is 60.5 Å². The van der Waals surface area contributed by atoms with Crippen molar-refractivity contribution in [2.75, 3.05) is 5.32 Å². The highest BCUT2D eigenvalue weighted by atomic mass is 16.2. The van der Waals surface area contributed by atoms with E-state index in [0.717, 1.165) is 17.1 Å². The molecule has 19 heavy (non-hydrogen) atoms. The third-order valence-corrected chi connectivity index (χ3v) is 3.28. The number of nitrogens with two attached hydrogens (primary N) is 1. The zero-order valence-corrected chi connectivity index (χ0v) is 13.0. The molecule has 3 N–H and O–H groups in total. The molecule has 0 aliphatic carbocycles. The molecule has 1 amide bonds. The molecule has 0 fully saturated rings. The van der Waals surface area contributed by atoms with E-state index in [2.05, 4.69) is 24.3 Å². The summed E-state index contributed by atoms with van der Waals surface area (Å²) in [6.07, 6.45) is 0. The van der Waals surface area contributed by atoms with Gasteiger partial charge < -0.3 is 11.1 Å². The molecule has 1 aromatic rings. The van der Waals surface area contributed by atoms with Gasteiger partial charge in [0.25, 0.3) is 0 Å². The molecule has 0 unspecified atom stereocenters. The molecule has 0 aliphatic rings. The number of rotatable bonds is 3. The minimum absolute atomic E-state index is 0.165. The number of amides is 1. The standard InChI is InChI=1S/C14H26N4O/c1-8(2)18-10(4)11(9(3)17-18)16-13(19)12(15)14(5,6)7/h8,12H,15H2,1-7H3,(H,16,19)/t12-/m0/s1. The lowest BCUT2D eigenvalue weighted by atomic mass is 9.87. The number of nitrogens with zero attached hydrogens (tertiary/aromatic N) is 2. The van der Waals surface area contributed by atoms with Gasteiger partial charge in [0.1, 0.15) is 0 Å². The Labute approximate surface area is 115 Å². The smallest absolute Gasteiger partial charge is 0.241 e. The normalized spacial score (nSPS) is 13.7. The lowest BCUT2D eigenvalue weighted by Gasteiger charge is -2.25. The molecule has 0 radical (unpaired) electrons. The fourth-order valence-electron chi connectivity index (χ4n) is 1.94. The van der Waals surface area contributed by atoms with E-state index in [1.54, 1.807) is 0 Å². The van der Waals surface area contributed by atoms with Crippen LogP contribution in [0.1, 0.15) is 52.0 Å². The minimum Gasteiger partial charge on any atom is -0.322 e. The van der Waals surface area contributed by atoms with Crippen LogP contribution >= 0.6 is 0 Å². The van der Waals surface area contributed by atoms with Gasteiger partial charge in [-0.05, 0) is 33.1 Å². The number of carbonyl (C=O) groups is 1. The molecule has 5 nitrogen and oxygen atoms in total. The highest BCUT2D eigenvalue weighted by Crippen LogP contribution is 2.24. The van der Waals surface area contributed by atoms with Crippen molar-refractivity contribution >= 4 is 11.6 Å². The van der Waals surface area contributed by atoms with E-state index in [1.165, 1.54) is 0 Å². The number of hydrogen-bond acceptors (Lipinski definition) is 3. The molecule has 0 spiro atoms. The van der Waals surface area contributed by atoms with Gasteiger partial charge in [-0.25, -0.2) is 0 Å². The minimum atomic E-state index is -0.548. The highest BCUT2D eigenvalue weighted by Gasteiger charge is 2.28. The fourth-order valence-corrected chi connectivity index (χ4v) is 1.94. The molecular formula is C14H26N4O. The Morgan fingerprint density at radius 2 is 1.84 bits per heavy atom. The van der Waals surface area contributed by atoms with Crippen molar-refractivity contribution in [3.8, 4) is 0 Å². The van der Waals surface area contributed by atoms with Gasteiger partial charge in [-0.2, -0.15) is 5.10 Å². The molecule has 1 heterocycles. The SMILES string of the molecule is Cc1nn(C(C)C)c(C)c1NC(=O)[C@H](N)C(C)(C)C. The average Bonchev–Trinajstić information content (AvgIpc) is 2.54. The number of aryl methyl sites for hydroxylation is 1. The van der Waals surface area contributed by atoms with Gasteiger partial charge in [-0.15, -0.1) is 0 Å². The first-order valence-corrected chi connectivity index (χ1v) is 6.67. The lowest BCUT2D eigenvalue weighted by Crippen LogP contribution is -2.45. The number of anilines is 1. The van der Waals surface area contributed by atoms with Gasteiger partial charge in [-0.3, -0.25) is 9.48 Å². The first-order chi connectivity index (χ1) is 8.55. The highest BCUT2D eigenvalue weighted by molar-refractivity contribution is 5.96. The second-order valence-corrected chi connectivity index (χ2v) is 6.42. The first kappa shape index (κ1) is 15.7. The van der Waals surface area contributed by atoms with Gasteiger partial charge in [-0.1, -0.05) is 20.8 Å². The van der Waals surface area contributed by atoms with E-state index in [1.807, 2.05) is 39.3 Å². The third-order valence-electron chi connectivity index (χ3n) is 3.28. The molecular weight excluding hydrogens is 240 g/mol. The average molecular weight is 266 g/mol. The fraction of sp³-hybridized carbons (Fsp3) is 0.714. The van der Waals surface area contributed by atoms with Crippen LogP contribution in [0.4, 0.5) is 5.69 Å². The topological polar surface area (TPSA) is 72.9 Å². The van der Waals surface area contributed by atoms with Crippen molar-refractivity contribution in [1.82, 2.24) is 9.78 Å². The number of hydrogen-bond donors (Lipinski definition) is 2. The molecule has 5 heteroatoms. The van der Waals surface area contributed by atoms with Gasteiger partial charge >= 0.3 is 0 Å². The molecule has 0 aliphatic heterocycles. The predicted molar refractivity (Wildman–Crippen MR) is 78.1 cm³/mol. The van der Waals surface area contributed by atoms with Gasteiger partial charge in [0.05, 0.1) is 23.1 Å². The van der Waals surface area contributed by atoms with Crippen LogP contribution in [-0.2, 0) is 4.79 Å². The molecule has 0 saturated carbocycles. The van der Waals surface area contributed by atoms with E-state index in [4.69, 9.17) is 5.73 Å². The predicted octanol–water partition coefficient (Wildman–Crippen LogP) is 2.39. The molecule has 0 aromatic carbocycles. The van der Waals surface area contributed by atoms with Gasteiger partial charge in [0, 0.05) is 6.04 Å². The lowest BCUT2D eigenvalue weighted by molar-refractivity contribution is -0.119. The summed E-state index contributed by atoms with van der Waals surface area (Å²) in [5.74, 6) is -0.165. The second kappa shape index (κ2) is 5.33. The van der Waals surface area contributed by atoms with E-state index < -0.39 is 6.04 Å². The van der Waals surface area contributed by atoms with Crippen LogP contribution in [0.3, 0.4) is 0 Å². The van der Waals surface area contributed by atoms with E-state index in [-0.39, 0.29) is 17.4 Å². The Morgan fingerprint density at radius 1 is 1.32 bits per heavy atom. The van der Waals surface area contributed by atoms with Crippen LogP contribution < -0.4 is 11.1 Å². The van der Waals surface area contributed by atoms with Gasteiger partial charge in [0.2, 0.25) is 5.91 Å². The third kappa shape index (κ3) is 3.35. The van der Waals surface area contributed by atoms with Crippen LogP contribution in [-0.4, -0.2) is 21.7 Å². The van der Waals surface area contributed by atoms with Crippen molar-refractivity contribution in [3.63, 3.8) is 0 Å². The maximum absolute atomic E-state index is 12.2. The Balaban J connectivity index is 2.98. The van der Waals surface area contributed by atoms with Crippen LogP contribution in [0, 0.1) is 19.3 Å². The van der Waals surface area contributed by atoms with Crippen LogP contribution in [0.5, 0.6) is 0 Å². The Kier molecular flexibility index (Phi) is 4.40. The second-order valence-electron chi connectivity index (χ2n) is 6.42. The summed E-state index contributed by atoms with van der Waals surface area (Å²) in [6, 6.07) is -0.283. The quantitative estimate of drug-likeness (QED) is 0.882. The maximum Gasteiger partial charge on any atom is 0.241 e. The summed E-state index contributed by atoms with van der Waals surface area (Å²) < 4.78 is 1.91. The van der Waals surface area contributed by atoms with Crippen molar-refractivity contribution < 1.29 is 4.79 Å². The Hall–Kier alpha value is -1.36. The van der Waals surface area contributed by atoms with Gasteiger partial charge in [0.15, 0.2) is 0 Å². The number of aromatic nitrogens is 2. The number of carbonyl (C=O) groups excluding carboxylic acids is 1. The zero-order valence-electron chi connectivity index (χ0n) is 13.0. The molecule has 0 bridgehead atoms. The molecule has 1 atom stereocenters. The van der Waals surface area contributed by atoms with E-state index >= 15 is 0 Å². The summed E-state index contributed by atoms with van der Waals surface area (Å²) in [7, 11) is 0. The molecule has 0 saturated heterocycles. The summed E-state index contributed by atoms with van der Waals surface area (Å²) in [5.41, 5.74) is 8.26. The largest absolute Gasteiger partial charge is 0.322 e. The van der Waals surface area contributed by atoms with E-state index in [0.29, 0.717) is 0 Å². The van der Waals surface area contributed by atoms with Crippen molar-refractivity contribution in [1.29, 1.82) is 0 Å². The van der Waals surface area contributed by atoms with E-state index in [9.17, 15) is 4.79 Å². The van der Waals surface area contributed by atoms with Crippen LogP contribution in [0.15, 0.2) is 0 Å². The zero-order chi connectivity index (χ0) is 15.0. The number of nitrogens with one attached hydrogen (secondary N) is 1. The Morgan fingerprint density at radius 3 is 2.21 bits per heavy atom. The van der Waals surface area contributed by atoms with Crippen molar-refractivity contribution in [2.24, 2.45) is 11.1 Å². The summed E-state index contributed by atoms with van der Waals surface area (Å²) in [5, 5.41) is 7.36. The molecule has 1 rings (SSSR count). The summed E-state index contributed by atoms with van der Waals surface area (Å²) >= 11 is 0. The van der Waals surface area contributed by atoms with Crippen LogP contribution in [0.25, 0.3) is 0 Å². The summed E-state index contributed by atoms with van der Waals surface area (Å²) in [4.78, 5) is 12.2. The maximum atomic E-state index is 12.2. The molecule has 1 aromatic heterocycles. The monoisotopic (exact) mass is 266 g/mol.